The van der Waals surface area contributed by atoms with E-state index in [0.29, 0.717) is 10.8 Å². The second kappa shape index (κ2) is 6.90. The first-order valence-corrected chi connectivity index (χ1v) is 9.47. The summed E-state index contributed by atoms with van der Waals surface area (Å²) in [7, 11) is -3.12. The average Bonchev–Trinajstić information content (AvgIpc) is 2.45. The van der Waals surface area contributed by atoms with E-state index >= 15 is 0 Å². The topological polar surface area (TPSA) is 66.4 Å². The molecule has 118 valence electrons. The van der Waals surface area contributed by atoms with Crippen molar-refractivity contribution in [1.82, 2.24) is 5.32 Å². The standard InChI is InChI=1S/C16H25NO3S/c1-12(17-11-13-3-7-15(18)8-4-13)14-5-9-16(10-6-14)21(2,19)20/h5-6,9-10,12-13,15,17-18H,3-4,7-8,11H2,1-2H3. The molecular weight excluding hydrogens is 286 g/mol. The third-order valence-corrected chi connectivity index (χ3v) is 5.47. The minimum atomic E-state index is -3.12. The second-order valence-corrected chi connectivity index (χ2v) is 8.16. The van der Waals surface area contributed by atoms with Gasteiger partial charge in [-0.3, -0.25) is 0 Å². The van der Waals surface area contributed by atoms with Crippen LogP contribution in [0.4, 0.5) is 0 Å². The van der Waals surface area contributed by atoms with E-state index in [1.54, 1.807) is 12.1 Å². The molecule has 0 radical (unpaired) electrons. The van der Waals surface area contributed by atoms with Crippen LogP contribution in [-0.4, -0.2) is 32.4 Å². The van der Waals surface area contributed by atoms with Crippen molar-refractivity contribution >= 4 is 9.84 Å². The van der Waals surface area contributed by atoms with E-state index in [0.717, 1.165) is 37.8 Å². The first-order chi connectivity index (χ1) is 9.86. The Labute approximate surface area is 127 Å². The lowest BCUT2D eigenvalue weighted by atomic mass is 9.87. The molecule has 1 aromatic carbocycles. The molecule has 2 N–H and O–H groups in total. The molecule has 0 aliphatic heterocycles. The van der Waals surface area contributed by atoms with Gasteiger partial charge in [0, 0.05) is 12.3 Å². The molecule has 1 fully saturated rings. The lowest BCUT2D eigenvalue weighted by Gasteiger charge is -2.27. The number of hydrogen-bond donors (Lipinski definition) is 2. The van der Waals surface area contributed by atoms with Crippen LogP contribution < -0.4 is 5.32 Å². The number of hydrogen-bond acceptors (Lipinski definition) is 4. The first kappa shape index (κ1) is 16.5. The number of aliphatic hydroxyl groups excluding tert-OH is 1. The van der Waals surface area contributed by atoms with E-state index in [2.05, 4.69) is 12.2 Å². The summed E-state index contributed by atoms with van der Waals surface area (Å²) in [6.07, 6.45) is 5.08. The van der Waals surface area contributed by atoms with E-state index in [-0.39, 0.29) is 12.1 Å². The van der Waals surface area contributed by atoms with Crippen LogP contribution in [0.5, 0.6) is 0 Å². The summed E-state index contributed by atoms with van der Waals surface area (Å²) >= 11 is 0. The minimum absolute atomic E-state index is 0.109. The summed E-state index contributed by atoms with van der Waals surface area (Å²) in [5.74, 6) is 0.631. The van der Waals surface area contributed by atoms with Gasteiger partial charge >= 0.3 is 0 Å². The van der Waals surface area contributed by atoms with E-state index in [1.165, 1.54) is 6.26 Å². The van der Waals surface area contributed by atoms with Crippen molar-refractivity contribution in [1.29, 1.82) is 0 Å². The highest BCUT2D eigenvalue weighted by Crippen LogP contribution is 2.24. The summed E-state index contributed by atoms with van der Waals surface area (Å²) in [5, 5.41) is 13.0. The van der Waals surface area contributed by atoms with Gasteiger partial charge in [-0.25, -0.2) is 8.42 Å². The Balaban J connectivity index is 1.87. The smallest absolute Gasteiger partial charge is 0.175 e. The third kappa shape index (κ3) is 4.80. The Morgan fingerprint density at radius 1 is 1.19 bits per heavy atom. The van der Waals surface area contributed by atoms with Gasteiger partial charge in [0.15, 0.2) is 9.84 Å². The van der Waals surface area contributed by atoms with Crippen molar-refractivity contribution in [2.75, 3.05) is 12.8 Å². The van der Waals surface area contributed by atoms with E-state index in [1.807, 2.05) is 12.1 Å². The predicted octanol–water partition coefficient (Wildman–Crippen LogP) is 2.29. The number of rotatable bonds is 5. The maximum Gasteiger partial charge on any atom is 0.175 e. The molecule has 1 aliphatic rings. The summed E-state index contributed by atoms with van der Waals surface area (Å²) in [6, 6.07) is 7.28. The highest BCUT2D eigenvalue weighted by atomic mass is 32.2. The second-order valence-electron chi connectivity index (χ2n) is 6.15. The molecule has 2 rings (SSSR count). The van der Waals surface area contributed by atoms with Gasteiger partial charge in [-0.1, -0.05) is 12.1 Å². The van der Waals surface area contributed by atoms with Gasteiger partial charge in [0.05, 0.1) is 11.0 Å². The average molecular weight is 311 g/mol. The molecule has 21 heavy (non-hydrogen) atoms. The zero-order valence-electron chi connectivity index (χ0n) is 12.7. The molecule has 0 bridgehead atoms. The molecule has 1 aliphatic carbocycles. The fourth-order valence-corrected chi connectivity index (χ4v) is 3.44. The molecule has 5 heteroatoms. The maximum absolute atomic E-state index is 11.4. The highest BCUT2D eigenvalue weighted by Gasteiger charge is 2.19. The maximum atomic E-state index is 11.4. The Kier molecular flexibility index (Phi) is 5.41. The van der Waals surface area contributed by atoms with Crippen LogP contribution in [0.25, 0.3) is 0 Å². The van der Waals surface area contributed by atoms with Gasteiger partial charge in [-0.05, 0) is 62.8 Å². The van der Waals surface area contributed by atoms with Gasteiger partial charge in [-0.15, -0.1) is 0 Å². The minimum Gasteiger partial charge on any atom is -0.393 e. The van der Waals surface area contributed by atoms with E-state index < -0.39 is 9.84 Å². The van der Waals surface area contributed by atoms with Crippen LogP contribution >= 0.6 is 0 Å². The zero-order valence-corrected chi connectivity index (χ0v) is 13.6. The molecule has 0 saturated heterocycles. The highest BCUT2D eigenvalue weighted by molar-refractivity contribution is 7.90. The fraction of sp³-hybridized carbons (Fsp3) is 0.625. The molecule has 1 atom stereocenters. The molecule has 4 nitrogen and oxygen atoms in total. The van der Waals surface area contributed by atoms with Gasteiger partial charge < -0.3 is 10.4 Å². The predicted molar refractivity (Wildman–Crippen MR) is 83.9 cm³/mol. The van der Waals surface area contributed by atoms with Gasteiger partial charge in [0.1, 0.15) is 0 Å². The summed E-state index contributed by atoms with van der Waals surface area (Å²) in [4.78, 5) is 0.361. The molecule has 0 aromatic heterocycles. The Bertz CT molecular complexity index is 545. The van der Waals surface area contributed by atoms with Crippen molar-refractivity contribution in [3.63, 3.8) is 0 Å². The number of benzene rings is 1. The summed E-state index contributed by atoms with van der Waals surface area (Å²) in [5.41, 5.74) is 1.10. The van der Waals surface area contributed by atoms with Crippen LogP contribution in [0.1, 0.15) is 44.2 Å². The number of sulfone groups is 1. The molecule has 1 aromatic rings. The van der Waals surface area contributed by atoms with Crippen molar-refractivity contribution in [2.45, 2.75) is 49.6 Å². The molecule has 0 heterocycles. The molecule has 0 spiro atoms. The van der Waals surface area contributed by atoms with Crippen LogP contribution in [0, 0.1) is 5.92 Å². The van der Waals surface area contributed by atoms with Crippen molar-refractivity contribution in [2.24, 2.45) is 5.92 Å². The summed E-state index contributed by atoms with van der Waals surface area (Å²) < 4.78 is 22.9. The van der Waals surface area contributed by atoms with Gasteiger partial charge in [0.2, 0.25) is 0 Å². The largest absolute Gasteiger partial charge is 0.393 e. The van der Waals surface area contributed by atoms with E-state index in [9.17, 15) is 13.5 Å². The monoisotopic (exact) mass is 311 g/mol. The Morgan fingerprint density at radius 3 is 2.29 bits per heavy atom. The van der Waals surface area contributed by atoms with Gasteiger partial charge in [0.25, 0.3) is 0 Å². The zero-order chi connectivity index (χ0) is 15.5. The van der Waals surface area contributed by atoms with Crippen LogP contribution in [-0.2, 0) is 9.84 Å². The Hall–Kier alpha value is -0.910. The quantitative estimate of drug-likeness (QED) is 0.875. The normalized spacial score (nSPS) is 24.7. The lowest BCUT2D eigenvalue weighted by Crippen LogP contribution is -2.29. The molecule has 0 amide bonds. The molecular formula is C16H25NO3S. The van der Waals surface area contributed by atoms with E-state index in [4.69, 9.17) is 0 Å². The van der Waals surface area contributed by atoms with Crippen molar-refractivity contribution in [3.8, 4) is 0 Å². The third-order valence-electron chi connectivity index (χ3n) is 4.34. The summed E-state index contributed by atoms with van der Waals surface area (Å²) in [6.45, 7) is 3.04. The first-order valence-electron chi connectivity index (χ1n) is 7.57. The fourth-order valence-electron chi connectivity index (χ4n) is 2.81. The van der Waals surface area contributed by atoms with Crippen LogP contribution in [0.15, 0.2) is 29.2 Å². The number of aliphatic hydroxyl groups is 1. The van der Waals surface area contributed by atoms with Crippen molar-refractivity contribution in [3.05, 3.63) is 29.8 Å². The Morgan fingerprint density at radius 2 is 1.76 bits per heavy atom. The number of nitrogens with one attached hydrogen (secondary N) is 1. The SMILES string of the molecule is CC(NCC1CCC(O)CC1)c1ccc(S(C)(=O)=O)cc1. The van der Waals surface area contributed by atoms with Crippen molar-refractivity contribution < 1.29 is 13.5 Å². The molecule has 1 saturated carbocycles. The van der Waals surface area contributed by atoms with Gasteiger partial charge in [-0.2, -0.15) is 0 Å². The van der Waals surface area contributed by atoms with Crippen LogP contribution in [0.3, 0.4) is 0 Å². The molecule has 1 unspecified atom stereocenters. The van der Waals surface area contributed by atoms with Crippen LogP contribution in [0.2, 0.25) is 0 Å². The lowest BCUT2D eigenvalue weighted by molar-refractivity contribution is 0.108.